The van der Waals surface area contributed by atoms with Crippen molar-refractivity contribution in [3.63, 3.8) is 0 Å². The van der Waals surface area contributed by atoms with E-state index in [1.165, 1.54) is 6.42 Å². The van der Waals surface area contributed by atoms with Gasteiger partial charge in [-0.2, -0.15) is 0 Å². The minimum absolute atomic E-state index is 0.454. The van der Waals surface area contributed by atoms with Crippen LogP contribution in [0.1, 0.15) is 46.5 Å². The summed E-state index contributed by atoms with van der Waals surface area (Å²) in [7, 11) is 0. The molecule has 1 fully saturated rings. The number of likely N-dealkylation sites (tertiary alicyclic amines) is 1. The third-order valence-corrected chi connectivity index (χ3v) is 3.34. The molecule has 0 aromatic heterocycles. The number of carboxylic acid groups (broad SMARTS) is 1. The predicted molar refractivity (Wildman–Crippen MR) is 56.4 cm³/mol. The Labute approximate surface area is 86.1 Å². The van der Waals surface area contributed by atoms with E-state index in [1.807, 2.05) is 13.8 Å². The number of nitrogens with zero attached hydrogens (tertiary/aromatic N) is 1. The van der Waals surface area contributed by atoms with Crippen LogP contribution in [0.2, 0.25) is 0 Å². The third-order valence-electron chi connectivity index (χ3n) is 3.34. The van der Waals surface area contributed by atoms with Gasteiger partial charge in [0.1, 0.15) is 5.54 Å². The molecule has 0 saturated carbocycles. The highest BCUT2D eigenvalue weighted by atomic mass is 16.4. The van der Waals surface area contributed by atoms with Crippen molar-refractivity contribution in [3.05, 3.63) is 0 Å². The van der Waals surface area contributed by atoms with Crippen molar-refractivity contribution in [1.82, 2.24) is 4.90 Å². The molecule has 0 aromatic carbocycles. The van der Waals surface area contributed by atoms with E-state index in [9.17, 15) is 4.79 Å². The maximum absolute atomic E-state index is 11.1. The molecule has 14 heavy (non-hydrogen) atoms. The Morgan fingerprint density at radius 1 is 1.50 bits per heavy atom. The first-order chi connectivity index (χ1) is 6.50. The van der Waals surface area contributed by atoms with Gasteiger partial charge < -0.3 is 5.11 Å². The van der Waals surface area contributed by atoms with E-state index in [4.69, 9.17) is 5.11 Å². The molecule has 82 valence electrons. The number of rotatable bonds is 3. The largest absolute Gasteiger partial charge is 0.480 e. The van der Waals surface area contributed by atoms with Crippen LogP contribution in [0, 0.1) is 0 Å². The van der Waals surface area contributed by atoms with Crippen molar-refractivity contribution in [2.24, 2.45) is 0 Å². The fourth-order valence-electron chi connectivity index (χ4n) is 2.28. The third kappa shape index (κ3) is 2.08. The zero-order valence-electron chi connectivity index (χ0n) is 9.42. The quantitative estimate of drug-likeness (QED) is 0.756. The molecule has 1 unspecified atom stereocenters. The lowest BCUT2D eigenvalue weighted by Crippen LogP contribution is -2.56. The monoisotopic (exact) mass is 199 g/mol. The van der Waals surface area contributed by atoms with Gasteiger partial charge in [0.25, 0.3) is 0 Å². The lowest BCUT2D eigenvalue weighted by molar-refractivity contribution is -0.152. The predicted octanol–water partition coefficient (Wildman–Crippen LogP) is 2.11. The molecule has 1 aliphatic rings. The van der Waals surface area contributed by atoms with Gasteiger partial charge in [-0.15, -0.1) is 0 Å². The molecule has 0 aromatic rings. The summed E-state index contributed by atoms with van der Waals surface area (Å²) in [6.07, 6.45) is 4.57. The highest BCUT2D eigenvalue weighted by molar-refractivity contribution is 5.77. The topological polar surface area (TPSA) is 40.5 Å². The Kier molecular flexibility index (Phi) is 3.53. The Hall–Kier alpha value is -0.570. The first kappa shape index (κ1) is 11.5. The zero-order chi connectivity index (χ0) is 10.8. The fourth-order valence-corrected chi connectivity index (χ4v) is 2.28. The van der Waals surface area contributed by atoms with Crippen molar-refractivity contribution in [2.45, 2.75) is 58.0 Å². The van der Waals surface area contributed by atoms with Crippen molar-refractivity contribution < 1.29 is 9.90 Å². The lowest BCUT2D eigenvalue weighted by atomic mass is 9.92. The van der Waals surface area contributed by atoms with Crippen molar-refractivity contribution >= 4 is 5.97 Å². The molecular formula is C11H21NO2. The summed E-state index contributed by atoms with van der Waals surface area (Å²) >= 11 is 0. The van der Waals surface area contributed by atoms with E-state index < -0.39 is 11.5 Å². The van der Waals surface area contributed by atoms with Crippen molar-refractivity contribution in [3.8, 4) is 0 Å². The van der Waals surface area contributed by atoms with Crippen molar-refractivity contribution in [2.75, 3.05) is 6.54 Å². The summed E-state index contributed by atoms with van der Waals surface area (Å²) in [6.45, 7) is 6.69. The second-order valence-electron chi connectivity index (χ2n) is 4.62. The number of carboxylic acids is 1. The molecule has 0 radical (unpaired) electrons. The van der Waals surface area contributed by atoms with Gasteiger partial charge in [-0.05, 0) is 39.7 Å². The van der Waals surface area contributed by atoms with E-state index in [0.29, 0.717) is 6.04 Å². The van der Waals surface area contributed by atoms with Gasteiger partial charge in [0.05, 0.1) is 0 Å². The molecule has 1 rings (SSSR count). The minimum atomic E-state index is -0.710. The number of carbonyl (C=O) groups is 1. The molecular weight excluding hydrogens is 178 g/mol. The number of piperidine rings is 1. The number of aliphatic carboxylic acids is 1. The van der Waals surface area contributed by atoms with Crippen LogP contribution in [0.15, 0.2) is 0 Å². The summed E-state index contributed by atoms with van der Waals surface area (Å²) < 4.78 is 0. The van der Waals surface area contributed by atoms with E-state index in [0.717, 1.165) is 25.8 Å². The molecule has 1 aliphatic heterocycles. The number of hydrogen-bond donors (Lipinski definition) is 1. The fraction of sp³-hybridized carbons (Fsp3) is 0.909. The van der Waals surface area contributed by atoms with E-state index in [1.54, 1.807) is 0 Å². The second-order valence-corrected chi connectivity index (χ2v) is 4.62. The molecule has 3 nitrogen and oxygen atoms in total. The van der Waals surface area contributed by atoms with Crippen LogP contribution in [0.3, 0.4) is 0 Å². The van der Waals surface area contributed by atoms with Gasteiger partial charge in [0, 0.05) is 6.04 Å². The van der Waals surface area contributed by atoms with Crippen LogP contribution in [-0.2, 0) is 4.79 Å². The van der Waals surface area contributed by atoms with Crippen molar-refractivity contribution in [1.29, 1.82) is 0 Å². The zero-order valence-corrected chi connectivity index (χ0v) is 9.42. The molecule has 1 N–H and O–H groups in total. The minimum Gasteiger partial charge on any atom is -0.480 e. The van der Waals surface area contributed by atoms with Gasteiger partial charge in [0.15, 0.2) is 0 Å². The summed E-state index contributed by atoms with van der Waals surface area (Å²) in [5.74, 6) is -0.710. The molecule has 1 atom stereocenters. The molecule has 0 aliphatic carbocycles. The van der Waals surface area contributed by atoms with Crippen LogP contribution < -0.4 is 0 Å². The van der Waals surface area contributed by atoms with Crippen LogP contribution in [0.4, 0.5) is 0 Å². The van der Waals surface area contributed by atoms with Crippen LogP contribution in [0.25, 0.3) is 0 Å². The molecule has 0 amide bonds. The number of hydrogen-bond acceptors (Lipinski definition) is 2. The Morgan fingerprint density at radius 3 is 2.64 bits per heavy atom. The van der Waals surface area contributed by atoms with Crippen LogP contribution in [0.5, 0.6) is 0 Å². The average molecular weight is 199 g/mol. The average Bonchev–Trinajstić information content (AvgIpc) is 2.17. The molecule has 1 heterocycles. The van der Waals surface area contributed by atoms with E-state index in [-0.39, 0.29) is 0 Å². The Balaban J connectivity index is 2.77. The summed E-state index contributed by atoms with van der Waals surface area (Å²) in [6, 6.07) is 0.454. The van der Waals surface area contributed by atoms with Crippen LogP contribution in [-0.4, -0.2) is 34.1 Å². The molecule has 0 bridgehead atoms. The Morgan fingerprint density at radius 2 is 2.14 bits per heavy atom. The maximum atomic E-state index is 11.1. The van der Waals surface area contributed by atoms with Gasteiger partial charge in [0.2, 0.25) is 0 Å². The van der Waals surface area contributed by atoms with Gasteiger partial charge in [-0.3, -0.25) is 9.69 Å². The van der Waals surface area contributed by atoms with Gasteiger partial charge in [-0.25, -0.2) is 0 Å². The van der Waals surface area contributed by atoms with Crippen LogP contribution >= 0.6 is 0 Å². The Bertz CT molecular complexity index is 213. The highest BCUT2D eigenvalue weighted by Gasteiger charge is 2.38. The standard InChI is InChI=1S/C11H21NO2/c1-4-9-7-5-6-8-12(9)11(2,3)10(13)14/h9H,4-8H2,1-3H3,(H,13,14). The van der Waals surface area contributed by atoms with Gasteiger partial charge in [-0.1, -0.05) is 13.3 Å². The maximum Gasteiger partial charge on any atom is 0.323 e. The first-order valence-corrected chi connectivity index (χ1v) is 5.50. The summed E-state index contributed by atoms with van der Waals surface area (Å²) in [4.78, 5) is 13.3. The van der Waals surface area contributed by atoms with E-state index in [2.05, 4.69) is 11.8 Å². The second kappa shape index (κ2) is 4.30. The molecule has 3 heteroatoms. The SMILES string of the molecule is CCC1CCCCN1C(C)(C)C(=O)O. The summed E-state index contributed by atoms with van der Waals surface area (Å²) in [5.41, 5.74) is -0.707. The molecule has 0 spiro atoms. The smallest absolute Gasteiger partial charge is 0.323 e. The van der Waals surface area contributed by atoms with Gasteiger partial charge >= 0.3 is 5.97 Å². The van der Waals surface area contributed by atoms with E-state index >= 15 is 0 Å². The molecule has 1 saturated heterocycles. The summed E-state index contributed by atoms with van der Waals surface area (Å²) in [5, 5.41) is 9.17. The first-order valence-electron chi connectivity index (χ1n) is 5.50. The normalized spacial score (nSPS) is 24.9. The highest BCUT2D eigenvalue weighted by Crippen LogP contribution is 2.27. The lowest BCUT2D eigenvalue weighted by Gasteiger charge is -2.43.